The number of rotatable bonds is 4. The Morgan fingerprint density at radius 3 is 2.69 bits per heavy atom. The molecule has 2 heteroatoms. The number of hydrogen-bond acceptors (Lipinski definition) is 1. The molecule has 88 valence electrons. The molecule has 0 unspecified atom stereocenters. The van der Waals surface area contributed by atoms with Gasteiger partial charge in [-0.05, 0) is 37.3 Å². The van der Waals surface area contributed by atoms with Crippen LogP contribution in [-0.4, -0.2) is 6.04 Å². The lowest BCUT2D eigenvalue weighted by atomic mass is 9.99. The molecule has 1 fully saturated rings. The molecule has 0 radical (unpaired) electrons. The van der Waals surface area contributed by atoms with E-state index in [1.807, 2.05) is 18.2 Å². The predicted molar refractivity (Wildman–Crippen MR) is 69.7 cm³/mol. The highest BCUT2D eigenvalue weighted by molar-refractivity contribution is 6.31. The van der Waals surface area contributed by atoms with Crippen LogP contribution in [0.2, 0.25) is 5.02 Å². The van der Waals surface area contributed by atoms with Gasteiger partial charge in [-0.25, -0.2) is 0 Å². The predicted octanol–water partition coefficient (Wildman–Crippen LogP) is 4.01. The van der Waals surface area contributed by atoms with E-state index >= 15 is 0 Å². The van der Waals surface area contributed by atoms with Crippen LogP contribution in [-0.2, 0) is 6.54 Å². The van der Waals surface area contributed by atoms with Crippen LogP contribution in [0.25, 0.3) is 0 Å². The summed E-state index contributed by atoms with van der Waals surface area (Å²) in [7, 11) is 0. The molecule has 2 rings (SSSR count). The summed E-state index contributed by atoms with van der Waals surface area (Å²) < 4.78 is 0. The standard InChI is InChI=1S/C14H20ClN/c1-11(12-6-2-3-7-12)16-10-13-8-4-5-9-14(13)15/h4-5,8-9,11-12,16H,2-3,6-7,10H2,1H3/t11-/m1/s1. The smallest absolute Gasteiger partial charge is 0.0450 e. The van der Waals surface area contributed by atoms with Gasteiger partial charge in [0, 0.05) is 17.6 Å². The van der Waals surface area contributed by atoms with Crippen LogP contribution >= 0.6 is 11.6 Å². The first kappa shape index (κ1) is 11.9. The number of halogens is 1. The molecular formula is C14H20ClN. The van der Waals surface area contributed by atoms with E-state index in [1.165, 1.54) is 31.2 Å². The van der Waals surface area contributed by atoms with Gasteiger partial charge in [-0.15, -0.1) is 0 Å². The molecule has 1 aromatic rings. The molecule has 1 aliphatic rings. The Labute approximate surface area is 103 Å². The third kappa shape index (κ3) is 2.99. The quantitative estimate of drug-likeness (QED) is 0.835. The van der Waals surface area contributed by atoms with E-state index in [0.29, 0.717) is 6.04 Å². The van der Waals surface area contributed by atoms with Crippen LogP contribution in [0.1, 0.15) is 38.2 Å². The third-order valence-electron chi connectivity index (χ3n) is 3.68. The van der Waals surface area contributed by atoms with Crippen molar-refractivity contribution in [2.45, 2.75) is 45.2 Å². The minimum atomic E-state index is 0.610. The Kier molecular flexibility index (Phi) is 4.25. The lowest BCUT2D eigenvalue weighted by Crippen LogP contribution is -2.31. The highest BCUT2D eigenvalue weighted by Crippen LogP contribution is 2.27. The normalized spacial score (nSPS) is 18.9. The fraction of sp³-hybridized carbons (Fsp3) is 0.571. The maximum Gasteiger partial charge on any atom is 0.0450 e. The summed E-state index contributed by atoms with van der Waals surface area (Å²) in [5, 5.41) is 4.47. The van der Waals surface area contributed by atoms with Gasteiger partial charge in [-0.2, -0.15) is 0 Å². The summed E-state index contributed by atoms with van der Waals surface area (Å²) in [5.41, 5.74) is 1.20. The molecule has 1 N–H and O–H groups in total. The molecule has 1 aliphatic carbocycles. The van der Waals surface area contributed by atoms with Gasteiger partial charge in [-0.1, -0.05) is 42.6 Å². The van der Waals surface area contributed by atoms with Gasteiger partial charge in [0.15, 0.2) is 0 Å². The molecule has 0 heterocycles. The van der Waals surface area contributed by atoms with Gasteiger partial charge < -0.3 is 5.32 Å². The van der Waals surface area contributed by atoms with Crippen LogP contribution in [0.5, 0.6) is 0 Å². The fourth-order valence-electron chi connectivity index (χ4n) is 2.54. The summed E-state index contributed by atoms with van der Waals surface area (Å²) in [6.07, 6.45) is 5.58. The Morgan fingerprint density at radius 1 is 1.31 bits per heavy atom. The van der Waals surface area contributed by atoms with Crippen LogP contribution < -0.4 is 5.32 Å². The van der Waals surface area contributed by atoms with Gasteiger partial charge in [0.05, 0.1) is 0 Å². The van der Waals surface area contributed by atoms with Crippen molar-refractivity contribution in [3.05, 3.63) is 34.9 Å². The average Bonchev–Trinajstić information content (AvgIpc) is 2.81. The van der Waals surface area contributed by atoms with Crippen LogP contribution in [0.15, 0.2) is 24.3 Å². The molecule has 1 nitrogen and oxygen atoms in total. The summed E-state index contributed by atoms with van der Waals surface area (Å²) in [6, 6.07) is 8.68. The Bertz CT molecular complexity index is 331. The maximum absolute atomic E-state index is 6.13. The number of nitrogens with one attached hydrogen (secondary N) is 1. The van der Waals surface area contributed by atoms with Gasteiger partial charge in [0.1, 0.15) is 0 Å². The van der Waals surface area contributed by atoms with Crippen molar-refractivity contribution in [2.75, 3.05) is 0 Å². The summed E-state index contributed by atoms with van der Waals surface area (Å²) in [4.78, 5) is 0. The first-order valence-electron chi connectivity index (χ1n) is 6.24. The zero-order chi connectivity index (χ0) is 11.4. The van der Waals surface area contributed by atoms with Gasteiger partial charge >= 0.3 is 0 Å². The molecule has 0 amide bonds. The lowest BCUT2D eigenvalue weighted by molar-refractivity contribution is 0.380. The van der Waals surface area contributed by atoms with Crippen molar-refractivity contribution in [1.29, 1.82) is 0 Å². The second kappa shape index (κ2) is 5.70. The molecule has 0 bridgehead atoms. The van der Waals surface area contributed by atoms with Gasteiger partial charge in [0.2, 0.25) is 0 Å². The maximum atomic E-state index is 6.13. The molecular weight excluding hydrogens is 218 g/mol. The molecule has 0 saturated heterocycles. The van der Waals surface area contributed by atoms with Crippen LogP contribution in [0.4, 0.5) is 0 Å². The average molecular weight is 238 g/mol. The zero-order valence-corrected chi connectivity index (χ0v) is 10.6. The van der Waals surface area contributed by atoms with Crippen molar-refractivity contribution in [1.82, 2.24) is 5.32 Å². The fourth-order valence-corrected chi connectivity index (χ4v) is 2.74. The van der Waals surface area contributed by atoms with Crippen LogP contribution in [0, 0.1) is 5.92 Å². The first-order chi connectivity index (χ1) is 7.77. The summed E-state index contributed by atoms with van der Waals surface area (Å²) >= 11 is 6.13. The molecule has 1 saturated carbocycles. The molecule has 0 aliphatic heterocycles. The second-order valence-electron chi connectivity index (χ2n) is 4.81. The van der Waals surface area contributed by atoms with E-state index in [9.17, 15) is 0 Å². The van der Waals surface area contributed by atoms with E-state index < -0.39 is 0 Å². The van der Waals surface area contributed by atoms with Crippen molar-refractivity contribution in [3.63, 3.8) is 0 Å². The minimum Gasteiger partial charge on any atom is -0.310 e. The monoisotopic (exact) mass is 237 g/mol. The van der Waals surface area contributed by atoms with Gasteiger partial charge in [-0.3, -0.25) is 0 Å². The van der Waals surface area contributed by atoms with Crippen molar-refractivity contribution >= 4 is 11.6 Å². The molecule has 0 aromatic heterocycles. The highest BCUT2D eigenvalue weighted by Gasteiger charge is 2.20. The van der Waals surface area contributed by atoms with E-state index in [1.54, 1.807) is 0 Å². The number of hydrogen-bond donors (Lipinski definition) is 1. The second-order valence-corrected chi connectivity index (χ2v) is 5.21. The topological polar surface area (TPSA) is 12.0 Å². The minimum absolute atomic E-state index is 0.610. The zero-order valence-electron chi connectivity index (χ0n) is 9.88. The molecule has 16 heavy (non-hydrogen) atoms. The van der Waals surface area contributed by atoms with E-state index in [4.69, 9.17) is 11.6 Å². The van der Waals surface area contributed by atoms with E-state index in [2.05, 4.69) is 18.3 Å². The first-order valence-corrected chi connectivity index (χ1v) is 6.62. The van der Waals surface area contributed by atoms with E-state index in [0.717, 1.165) is 17.5 Å². The van der Waals surface area contributed by atoms with Crippen molar-refractivity contribution < 1.29 is 0 Å². The van der Waals surface area contributed by atoms with Crippen LogP contribution in [0.3, 0.4) is 0 Å². The Morgan fingerprint density at radius 2 is 2.00 bits per heavy atom. The number of benzene rings is 1. The van der Waals surface area contributed by atoms with Crippen molar-refractivity contribution in [3.8, 4) is 0 Å². The molecule has 1 atom stereocenters. The Hall–Kier alpha value is -0.530. The lowest BCUT2D eigenvalue weighted by Gasteiger charge is -2.20. The Balaban J connectivity index is 1.84. The summed E-state index contributed by atoms with van der Waals surface area (Å²) in [5.74, 6) is 0.863. The van der Waals surface area contributed by atoms with E-state index in [-0.39, 0.29) is 0 Å². The highest BCUT2D eigenvalue weighted by atomic mass is 35.5. The molecule has 1 aromatic carbocycles. The molecule has 0 spiro atoms. The third-order valence-corrected chi connectivity index (χ3v) is 4.05. The van der Waals surface area contributed by atoms with Crippen molar-refractivity contribution in [2.24, 2.45) is 5.92 Å². The largest absolute Gasteiger partial charge is 0.310 e. The SMILES string of the molecule is C[C@@H](NCc1ccccc1Cl)C1CCCC1. The van der Waals surface area contributed by atoms with Gasteiger partial charge in [0.25, 0.3) is 0 Å². The summed E-state index contributed by atoms with van der Waals surface area (Å²) in [6.45, 7) is 3.18.